The topological polar surface area (TPSA) is 75.7 Å². The summed E-state index contributed by atoms with van der Waals surface area (Å²) in [5.41, 5.74) is 0.915. The number of ether oxygens (including phenoxy) is 1. The quantitative estimate of drug-likeness (QED) is 0.779. The largest absolute Gasteiger partial charge is 0.465 e. The van der Waals surface area contributed by atoms with Crippen molar-refractivity contribution in [1.82, 2.24) is 0 Å². The molecule has 1 atom stereocenters. The SMILES string of the molecule is CCc1cccc(N2CC(C(=O)Nc3cc(C(=O)OC)c(F)cc3F)CC2=O)c1. The number of methoxy groups -OCH3 is 1. The lowest BCUT2D eigenvalue weighted by Crippen LogP contribution is -2.28. The molecule has 0 aromatic heterocycles. The fraction of sp³-hybridized carbons (Fsp3) is 0.286. The Morgan fingerprint density at radius 1 is 1.21 bits per heavy atom. The summed E-state index contributed by atoms with van der Waals surface area (Å²) in [5.74, 6) is -4.62. The Hall–Kier alpha value is -3.29. The van der Waals surface area contributed by atoms with Crippen molar-refractivity contribution in [3.05, 3.63) is 59.2 Å². The third-order valence-electron chi connectivity index (χ3n) is 4.85. The second-order valence-electron chi connectivity index (χ2n) is 6.72. The van der Waals surface area contributed by atoms with Crippen LogP contribution in [0.2, 0.25) is 0 Å². The van der Waals surface area contributed by atoms with Crippen LogP contribution in [0, 0.1) is 17.6 Å². The summed E-state index contributed by atoms with van der Waals surface area (Å²) in [6.07, 6.45) is 0.779. The van der Waals surface area contributed by atoms with E-state index in [4.69, 9.17) is 0 Å². The molecule has 1 N–H and O–H groups in total. The zero-order valence-electron chi connectivity index (χ0n) is 16.0. The highest BCUT2D eigenvalue weighted by atomic mass is 19.1. The second kappa shape index (κ2) is 8.38. The van der Waals surface area contributed by atoms with Gasteiger partial charge in [-0.25, -0.2) is 13.6 Å². The molecule has 2 amide bonds. The normalized spacial score (nSPS) is 16.1. The number of carbonyl (C=O) groups is 3. The zero-order chi connectivity index (χ0) is 21.1. The van der Waals surface area contributed by atoms with Crippen molar-refractivity contribution in [2.24, 2.45) is 5.92 Å². The van der Waals surface area contributed by atoms with Crippen LogP contribution in [0.4, 0.5) is 20.2 Å². The van der Waals surface area contributed by atoms with E-state index in [-0.39, 0.29) is 24.6 Å². The number of benzene rings is 2. The molecular weight excluding hydrogens is 382 g/mol. The molecular formula is C21H20F2N2O4. The van der Waals surface area contributed by atoms with E-state index in [0.29, 0.717) is 11.8 Å². The van der Waals surface area contributed by atoms with Crippen LogP contribution in [-0.4, -0.2) is 31.4 Å². The van der Waals surface area contributed by atoms with E-state index in [1.54, 1.807) is 6.07 Å². The minimum Gasteiger partial charge on any atom is -0.465 e. The van der Waals surface area contributed by atoms with Crippen molar-refractivity contribution in [1.29, 1.82) is 0 Å². The Labute approximate surface area is 166 Å². The number of nitrogens with one attached hydrogen (secondary N) is 1. The van der Waals surface area contributed by atoms with Crippen LogP contribution in [0.3, 0.4) is 0 Å². The minimum absolute atomic E-state index is 0.0329. The number of esters is 1. The highest BCUT2D eigenvalue weighted by Crippen LogP contribution is 2.28. The maximum absolute atomic E-state index is 14.1. The first-order chi connectivity index (χ1) is 13.8. The van der Waals surface area contributed by atoms with Gasteiger partial charge in [0.2, 0.25) is 11.8 Å². The number of halogens is 2. The van der Waals surface area contributed by atoms with Crippen LogP contribution in [0.25, 0.3) is 0 Å². The van der Waals surface area contributed by atoms with Crippen molar-refractivity contribution < 1.29 is 27.9 Å². The number of nitrogens with zero attached hydrogens (tertiary/aromatic N) is 1. The van der Waals surface area contributed by atoms with Gasteiger partial charge in [0.25, 0.3) is 0 Å². The lowest BCUT2D eigenvalue weighted by molar-refractivity contribution is -0.122. The highest BCUT2D eigenvalue weighted by Gasteiger charge is 2.35. The van der Waals surface area contributed by atoms with Gasteiger partial charge in [-0.3, -0.25) is 9.59 Å². The van der Waals surface area contributed by atoms with Crippen molar-refractivity contribution in [2.45, 2.75) is 19.8 Å². The monoisotopic (exact) mass is 402 g/mol. The number of hydrogen-bond donors (Lipinski definition) is 1. The summed E-state index contributed by atoms with van der Waals surface area (Å²) >= 11 is 0. The van der Waals surface area contributed by atoms with E-state index in [2.05, 4.69) is 10.1 Å². The molecule has 0 aliphatic carbocycles. The Morgan fingerprint density at radius 3 is 2.66 bits per heavy atom. The summed E-state index contributed by atoms with van der Waals surface area (Å²) in [5, 5.41) is 2.35. The van der Waals surface area contributed by atoms with Crippen LogP contribution < -0.4 is 10.2 Å². The minimum atomic E-state index is -1.09. The third-order valence-corrected chi connectivity index (χ3v) is 4.85. The number of rotatable bonds is 5. The van der Waals surface area contributed by atoms with Gasteiger partial charge in [0.05, 0.1) is 24.3 Å². The van der Waals surface area contributed by atoms with Crippen molar-refractivity contribution in [3.63, 3.8) is 0 Å². The molecule has 0 bridgehead atoms. The number of aryl methyl sites for hydroxylation is 1. The van der Waals surface area contributed by atoms with Gasteiger partial charge in [-0.1, -0.05) is 19.1 Å². The molecule has 3 rings (SSSR count). The fourth-order valence-electron chi connectivity index (χ4n) is 3.22. The molecule has 2 aromatic rings. The van der Waals surface area contributed by atoms with E-state index < -0.39 is 35.0 Å². The summed E-state index contributed by atoms with van der Waals surface area (Å²) < 4.78 is 32.3. The van der Waals surface area contributed by atoms with Gasteiger partial charge in [-0.05, 0) is 30.2 Å². The number of amides is 2. The molecule has 0 spiro atoms. The van der Waals surface area contributed by atoms with Crippen LogP contribution in [0.1, 0.15) is 29.3 Å². The Morgan fingerprint density at radius 2 is 1.97 bits per heavy atom. The Bertz CT molecular complexity index is 977. The Kier molecular flexibility index (Phi) is 5.91. The van der Waals surface area contributed by atoms with E-state index >= 15 is 0 Å². The first kappa shape index (κ1) is 20.4. The maximum atomic E-state index is 14.1. The van der Waals surface area contributed by atoms with Crippen molar-refractivity contribution in [3.8, 4) is 0 Å². The molecule has 0 radical (unpaired) electrons. The van der Waals surface area contributed by atoms with Gasteiger partial charge in [0.15, 0.2) is 0 Å². The van der Waals surface area contributed by atoms with Gasteiger partial charge >= 0.3 is 5.97 Å². The number of carbonyl (C=O) groups excluding carboxylic acids is 3. The molecule has 152 valence electrons. The van der Waals surface area contributed by atoms with Crippen LogP contribution in [0.15, 0.2) is 36.4 Å². The van der Waals surface area contributed by atoms with Gasteiger partial charge in [-0.2, -0.15) is 0 Å². The lowest BCUT2D eigenvalue weighted by atomic mass is 10.1. The number of hydrogen-bond acceptors (Lipinski definition) is 4. The first-order valence-electron chi connectivity index (χ1n) is 9.11. The molecule has 6 nitrogen and oxygen atoms in total. The standard InChI is InChI=1S/C21H20F2N2O4/c1-3-12-5-4-6-14(7-12)25-11-13(8-19(25)26)20(27)24-18-9-15(21(28)29-2)16(22)10-17(18)23/h4-7,9-10,13H,3,8,11H2,1-2H3,(H,24,27). The van der Waals surface area contributed by atoms with Gasteiger partial charge in [-0.15, -0.1) is 0 Å². The molecule has 2 aromatic carbocycles. The van der Waals surface area contributed by atoms with Crippen LogP contribution in [-0.2, 0) is 20.7 Å². The zero-order valence-corrected chi connectivity index (χ0v) is 16.0. The molecule has 1 saturated heterocycles. The first-order valence-corrected chi connectivity index (χ1v) is 9.11. The third kappa shape index (κ3) is 4.26. The Balaban J connectivity index is 1.77. The van der Waals surface area contributed by atoms with Gasteiger partial charge < -0.3 is 15.0 Å². The van der Waals surface area contributed by atoms with Crippen molar-refractivity contribution >= 4 is 29.2 Å². The smallest absolute Gasteiger partial charge is 0.340 e. The second-order valence-corrected chi connectivity index (χ2v) is 6.72. The van der Waals surface area contributed by atoms with Gasteiger partial charge in [0, 0.05) is 24.7 Å². The van der Waals surface area contributed by atoms with E-state index in [0.717, 1.165) is 25.2 Å². The molecule has 1 unspecified atom stereocenters. The summed E-state index contributed by atoms with van der Waals surface area (Å²) in [6.45, 7) is 2.14. The average Bonchev–Trinajstić information content (AvgIpc) is 3.11. The molecule has 1 aliphatic rings. The predicted molar refractivity (Wildman–Crippen MR) is 103 cm³/mol. The molecule has 1 heterocycles. The number of anilines is 2. The van der Waals surface area contributed by atoms with Crippen LogP contribution in [0.5, 0.6) is 0 Å². The highest BCUT2D eigenvalue weighted by molar-refractivity contribution is 6.04. The van der Waals surface area contributed by atoms with Crippen LogP contribution >= 0.6 is 0 Å². The average molecular weight is 402 g/mol. The fourth-order valence-corrected chi connectivity index (χ4v) is 3.22. The lowest BCUT2D eigenvalue weighted by Gasteiger charge is -2.17. The molecule has 1 aliphatic heterocycles. The predicted octanol–water partition coefficient (Wildman–Crippen LogP) is 3.31. The summed E-state index contributed by atoms with van der Waals surface area (Å²) in [7, 11) is 1.07. The van der Waals surface area contributed by atoms with E-state index in [1.807, 2.05) is 25.1 Å². The van der Waals surface area contributed by atoms with E-state index in [1.165, 1.54) is 4.90 Å². The molecule has 29 heavy (non-hydrogen) atoms. The summed E-state index contributed by atoms with van der Waals surface area (Å²) in [4.78, 5) is 38.1. The maximum Gasteiger partial charge on any atom is 0.340 e. The summed E-state index contributed by atoms with van der Waals surface area (Å²) in [6, 6.07) is 8.86. The molecule has 8 heteroatoms. The van der Waals surface area contributed by atoms with Gasteiger partial charge in [0.1, 0.15) is 11.6 Å². The molecule has 0 saturated carbocycles. The molecule has 1 fully saturated rings. The van der Waals surface area contributed by atoms with E-state index in [9.17, 15) is 23.2 Å². The van der Waals surface area contributed by atoms with Crippen molar-refractivity contribution in [2.75, 3.05) is 23.9 Å².